The maximum Gasteiger partial charge on any atom is 0.0771 e. The number of hydrogen-bond acceptors (Lipinski definition) is 1. The van der Waals surface area contributed by atoms with Crippen molar-refractivity contribution in [3.8, 4) is 0 Å². The number of ether oxygens (including phenoxy) is 1. The fourth-order valence-corrected chi connectivity index (χ4v) is 2.93. The van der Waals surface area contributed by atoms with Crippen molar-refractivity contribution in [1.29, 1.82) is 0 Å². The number of alkyl halides is 1. The van der Waals surface area contributed by atoms with Gasteiger partial charge in [0.1, 0.15) is 0 Å². The molecule has 1 nitrogen and oxygen atoms in total. The average molecular weight is 310 g/mol. The molecule has 0 radical (unpaired) electrons. The molecule has 0 amide bonds. The lowest BCUT2D eigenvalue weighted by molar-refractivity contribution is -0.0674. The van der Waals surface area contributed by atoms with Crippen LogP contribution in [-0.2, 0) is 4.74 Å². The van der Waals surface area contributed by atoms with Gasteiger partial charge >= 0.3 is 0 Å². The van der Waals surface area contributed by atoms with Crippen LogP contribution in [0.2, 0.25) is 0 Å². The van der Waals surface area contributed by atoms with Crippen molar-refractivity contribution in [2.24, 2.45) is 11.8 Å². The van der Waals surface area contributed by atoms with Crippen molar-refractivity contribution in [3.05, 3.63) is 0 Å². The van der Waals surface area contributed by atoms with Gasteiger partial charge in [-0.15, -0.1) is 0 Å². The van der Waals surface area contributed by atoms with E-state index in [1.165, 1.54) is 25.7 Å². The summed E-state index contributed by atoms with van der Waals surface area (Å²) in [6.45, 7) is 7.75. The maximum atomic E-state index is 6.12. The predicted octanol–water partition coefficient (Wildman–Crippen LogP) is 4.04. The zero-order valence-electron chi connectivity index (χ0n) is 9.68. The summed E-state index contributed by atoms with van der Waals surface area (Å²) in [5.74, 6) is 1.57. The summed E-state index contributed by atoms with van der Waals surface area (Å²) in [7, 11) is 0. The molecule has 1 aliphatic rings. The Morgan fingerprint density at radius 3 is 2.36 bits per heavy atom. The molecule has 0 heterocycles. The lowest BCUT2D eigenvalue weighted by atomic mass is 9.80. The fraction of sp³-hybridized carbons (Fsp3) is 1.00. The van der Waals surface area contributed by atoms with Crippen molar-refractivity contribution < 1.29 is 4.74 Å². The average Bonchev–Trinajstić information content (AvgIpc) is 2.18. The van der Waals surface area contributed by atoms with E-state index in [0.717, 1.165) is 17.0 Å². The molecule has 84 valence electrons. The Bertz CT molecular complexity index is 160. The Kier molecular flexibility index (Phi) is 5.18. The third kappa shape index (κ3) is 3.69. The van der Waals surface area contributed by atoms with E-state index in [0.29, 0.717) is 5.92 Å². The van der Waals surface area contributed by atoms with Crippen molar-refractivity contribution in [3.63, 3.8) is 0 Å². The highest BCUT2D eigenvalue weighted by molar-refractivity contribution is 14.1. The Hall–Kier alpha value is 0.690. The molecule has 2 heteroatoms. The van der Waals surface area contributed by atoms with Crippen LogP contribution < -0.4 is 0 Å². The molecule has 0 aromatic rings. The van der Waals surface area contributed by atoms with Crippen LogP contribution in [0.5, 0.6) is 0 Å². The Balaban J connectivity index is 2.41. The molecule has 0 aliphatic heterocycles. The van der Waals surface area contributed by atoms with E-state index in [1.807, 2.05) is 0 Å². The summed E-state index contributed by atoms with van der Waals surface area (Å²) in [4.78, 5) is 0. The van der Waals surface area contributed by atoms with Crippen molar-refractivity contribution in [2.75, 3.05) is 11.0 Å². The third-order valence-corrected chi connectivity index (χ3v) is 4.54. The van der Waals surface area contributed by atoms with E-state index in [2.05, 4.69) is 43.4 Å². The third-order valence-electron chi connectivity index (χ3n) is 3.15. The minimum atomic E-state index is 0.220. The molecule has 0 aromatic heterocycles. The smallest absolute Gasteiger partial charge is 0.0771 e. The molecular weight excluding hydrogens is 287 g/mol. The first-order valence-corrected chi connectivity index (χ1v) is 7.30. The Morgan fingerprint density at radius 1 is 1.36 bits per heavy atom. The van der Waals surface area contributed by atoms with E-state index < -0.39 is 0 Å². The van der Waals surface area contributed by atoms with Gasteiger partial charge in [0.15, 0.2) is 0 Å². The normalized spacial score (nSPS) is 33.6. The molecule has 0 spiro atoms. The van der Waals surface area contributed by atoms with Crippen LogP contribution in [0.1, 0.15) is 46.5 Å². The molecule has 0 N–H and O–H groups in total. The molecule has 0 aromatic carbocycles. The van der Waals surface area contributed by atoms with Gasteiger partial charge in [-0.1, -0.05) is 43.4 Å². The molecule has 14 heavy (non-hydrogen) atoms. The Labute approximate surface area is 102 Å². The minimum absolute atomic E-state index is 0.220. The first kappa shape index (κ1) is 12.8. The van der Waals surface area contributed by atoms with Crippen LogP contribution in [-0.4, -0.2) is 16.6 Å². The lowest BCUT2D eigenvalue weighted by Gasteiger charge is -2.38. The van der Waals surface area contributed by atoms with Crippen molar-refractivity contribution in [2.45, 2.75) is 52.1 Å². The van der Waals surface area contributed by atoms with Gasteiger partial charge in [0, 0.05) is 11.0 Å². The van der Waals surface area contributed by atoms with E-state index in [1.54, 1.807) is 0 Å². The van der Waals surface area contributed by atoms with E-state index >= 15 is 0 Å². The number of hydrogen-bond donors (Lipinski definition) is 0. The first-order valence-electron chi connectivity index (χ1n) is 5.78. The molecule has 1 saturated carbocycles. The maximum absolute atomic E-state index is 6.12. The van der Waals surface area contributed by atoms with Gasteiger partial charge in [0.05, 0.1) is 5.60 Å². The molecule has 0 bridgehead atoms. The van der Waals surface area contributed by atoms with Crippen LogP contribution in [0, 0.1) is 11.8 Å². The van der Waals surface area contributed by atoms with E-state index in [9.17, 15) is 0 Å². The molecule has 0 atom stereocenters. The van der Waals surface area contributed by atoms with Crippen molar-refractivity contribution in [1.82, 2.24) is 0 Å². The SMILES string of the molecule is CC(C)COC1(CI)CCC(C)CC1. The number of halogens is 1. The second kappa shape index (κ2) is 5.69. The monoisotopic (exact) mass is 310 g/mol. The zero-order chi connectivity index (χ0) is 10.6. The highest BCUT2D eigenvalue weighted by atomic mass is 127. The second-order valence-corrected chi connectivity index (χ2v) is 5.97. The van der Waals surface area contributed by atoms with Crippen LogP contribution in [0.15, 0.2) is 0 Å². The van der Waals surface area contributed by atoms with Gasteiger partial charge in [0.25, 0.3) is 0 Å². The van der Waals surface area contributed by atoms with Gasteiger partial charge in [0.2, 0.25) is 0 Å². The summed E-state index contributed by atoms with van der Waals surface area (Å²) in [5, 5.41) is 0. The summed E-state index contributed by atoms with van der Waals surface area (Å²) in [5.41, 5.74) is 0.220. The predicted molar refractivity (Wildman–Crippen MR) is 70.0 cm³/mol. The molecule has 1 rings (SSSR count). The topological polar surface area (TPSA) is 9.23 Å². The number of rotatable bonds is 4. The Morgan fingerprint density at radius 2 is 1.93 bits per heavy atom. The zero-order valence-corrected chi connectivity index (χ0v) is 11.8. The minimum Gasteiger partial charge on any atom is -0.374 e. The van der Waals surface area contributed by atoms with Crippen LogP contribution >= 0.6 is 22.6 Å². The highest BCUT2D eigenvalue weighted by Crippen LogP contribution is 2.36. The van der Waals surface area contributed by atoms with E-state index in [4.69, 9.17) is 4.74 Å². The summed E-state index contributed by atoms with van der Waals surface area (Å²) in [6.07, 6.45) is 5.23. The van der Waals surface area contributed by atoms with Gasteiger partial charge in [-0.3, -0.25) is 0 Å². The molecule has 0 saturated heterocycles. The van der Waals surface area contributed by atoms with Crippen LogP contribution in [0.3, 0.4) is 0 Å². The quantitative estimate of drug-likeness (QED) is 0.562. The summed E-state index contributed by atoms with van der Waals surface area (Å²) >= 11 is 2.49. The van der Waals surface area contributed by atoms with Gasteiger partial charge in [-0.2, -0.15) is 0 Å². The standard InChI is InChI=1S/C12H23IO/c1-10(2)8-14-12(9-13)6-4-11(3)5-7-12/h10-11H,4-9H2,1-3H3. The summed E-state index contributed by atoms with van der Waals surface area (Å²) < 4.78 is 7.28. The fourth-order valence-electron chi connectivity index (χ4n) is 1.95. The molecule has 0 unspecified atom stereocenters. The lowest BCUT2D eigenvalue weighted by Crippen LogP contribution is -2.39. The van der Waals surface area contributed by atoms with Gasteiger partial charge in [-0.05, 0) is 37.5 Å². The summed E-state index contributed by atoms with van der Waals surface area (Å²) in [6, 6.07) is 0. The van der Waals surface area contributed by atoms with Crippen molar-refractivity contribution >= 4 is 22.6 Å². The van der Waals surface area contributed by atoms with Gasteiger partial charge < -0.3 is 4.74 Å². The molecule has 1 aliphatic carbocycles. The largest absolute Gasteiger partial charge is 0.374 e. The van der Waals surface area contributed by atoms with E-state index in [-0.39, 0.29) is 5.60 Å². The van der Waals surface area contributed by atoms with Crippen LogP contribution in [0.4, 0.5) is 0 Å². The highest BCUT2D eigenvalue weighted by Gasteiger charge is 2.34. The second-order valence-electron chi connectivity index (χ2n) is 5.20. The molecule has 1 fully saturated rings. The van der Waals surface area contributed by atoms with Gasteiger partial charge in [-0.25, -0.2) is 0 Å². The molecular formula is C12H23IO. The van der Waals surface area contributed by atoms with Crippen LogP contribution in [0.25, 0.3) is 0 Å². The first-order chi connectivity index (χ1) is 6.58.